The fourth-order valence-corrected chi connectivity index (χ4v) is 1.32. The Labute approximate surface area is 85.2 Å². The third-order valence-electron chi connectivity index (χ3n) is 2.09. The first-order valence-corrected chi connectivity index (χ1v) is 5.05. The molecular weight excluding hydrogens is 176 g/mol. The van der Waals surface area contributed by atoms with Crippen LogP contribution in [0.5, 0.6) is 0 Å². The lowest BCUT2D eigenvalue weighted by molar-refractivity contribution is 0.292. The summed E-state index contributed by atoms with van der Waals surface area (Å²) >= 11 is 0. The van der Waals surface area contributed by atoms with Crippen molar-refractivity contribution in [2.45, 2.75) is 26.2 Å². The molecule has 0 spiro atoms. The smallest absolute Gasteiger partial charge is 0.129 e. The van der Waals surface area contributed by atoms with Gasteiger partial charge in [0.1, 0.15) is 5.82 Å². The van der Waals surface area contributed by atoms with E-state index < -0.39 is 0 Å². The van der Waals surface area contributed by atoms with Gasteiger partial charge in [0.2, 0.25) is 0 Å². The first-order valence-electron chi connectivity index (χ1n) is 5.05. The molecule has 0 unspecified atom stereocenters. The summed E-state index contributed by atoms with van der Waals surface area (Å²) in [4.78, 5) is 4.28. The number of anilines is 1. The van der Waals surface area contributed by atoms with E-state index in [0.717, 1.165) is 18.8 Å². The molecule has 1 aromatic rings. The Kier molecular flexibility index (Phi) is 4.40. The van der Waals surface area contributed by atoms with Crippen LogP contribution in [0.2, 0.25) is 0 Å². The van der Waals surface area contributed by atoms with Gasteiger partial charge in [-0.3, -0.25) is 0 Å². The van der Waals surface area contributed by atoms with Crippen molar-refractivity contribution >= 4 is 5.82 Å². The van der Waals surface area contributed by atoms with E-state index in [1.54, 1.807) is 6.20 Å². The minimum absolute atomic E-state index is 0.219. The van der Waals surface area contributed by atoms with Crippen LogP contribution >= 0.6 is 0 Å². The number of nitrogens with one attached hydrogen (secondary N) is 1. The van der Waals surface area contributed by atoms with E-state index in [9.17, 15) is 0 Å². The minimum atomic E-state index is 0.219. The van der Waals surface area contributed by atoms with Crippen molar-refractivity contribution in [3.63, 3.8) is 0 Å². The average molecular weight is 194 g/mol. The van der Waals surface area contributed by atoms with Gasteiger partial charge in [-0.25, -0.2) is 4.98 Å². The second kappa shape index (κ2) is 5.60. The van der Waals surface area contributed by atoms with Gasteiger partial charge in [-0.2, -0.15) is 0 Å². The zero-order chi connectivity index (χ0) is 10.4. The SMILES string of the molecule is CC(C)c1cccnc1NCCCO. The Morgan fingerprint density at radius 3 is 2.93 bits per heavy atom. The third kappa shape index (κ3) is 3.00. The molecule has 0 radical (unpaired) electrons. The number of rotatable bonds is 5. The van der Waals surface area contributed by atoms with Gasteiger partial charge in [0, 0.05) is 19.3 Å². The molecule has 0 fully saturated rings. The van der Waals surface area contributed by atoms with E-state index in [2.05, 4.69) is 30.2 Å². The maximum atomic E-state index is 8.66. The van der Waals surface area contributed by atoms with Crippen molar-refractivity contribution < 1.29 is 5.11 Å². The van der Waals surface area contributed by atoms with Crippen molar-refractivity contribution in [2.75, 3.05) is 18.5 Å². The molecule has 0 atom stereocenters. The van der Waals surface area contributed by atoms with Crippen LogP contribution in [0.25, 0.3) is 0 Å². The van der Waals surface area contributed by atoms with Crippen molar-refractivity contribution in [1.82, 2.24) is 4.98 Å². The van der Waals surface area contributed by atoms with Crippen LogP contribution in [0, 0.1) is 0 Å². The molecule has 0 amide bonds. The Morgan fingerprint density at radius 1 is 1.50 bits per heavy atom. The average Bonchev–Trinajstić information content (AvgIpc) is 2.19. The van der Waals surface area contributed by atoms with Gasteiger partial charge >= 0.3 is 0 Å². The summed E-state index contributed by atoms with van der Waals surface area (Å²) in [7, 11) is 0. The zero-order valence-electron chi connectivity index (χ0n) is 8.83. The number of aromatic nitrogens is 1. The summed E-state index contributed by atoms with van der Waals surface area (Å²) in [6.45, 7) is 5.28. The summed E-state index contributed by atoms with van der Waals surface area (Å²) in [5.74, 6) is 1.41. The Hall–Kier alpha value is -1.09. The lowest BCUT2D eigenvalue weighted by Gasteiger charge is -2.12. The molecule has 0 aliphatic carbocycles. The summed E-state index contributed by atoms with van der Waals surface area (Å²) in [6, 6.07) is 4.03. The highest BCUT2D eigenvalue weighted by molar-refractivity contribution is 5.45. The highest BCUT2D eigenvalue weighted by Gasteiger charge is 2.05. The lowest BCUT2D eigenvalue weighted by Crippen LogP contribution is -2.08. The van der Waals surface area contributed by atoms with E-state index in [4.69, 9.17) is 5.11 Å². The fraction of sp³-hybridized carbons (Fsp3) is 0.545. The second-order valence-corrected chi connectivity index (χ2v) is 3.60. The molecule has 3 heteroatoms. The van der Waals surface area contributed by atoms with E-state index in [-0.39, 0.29) is 6.61 Å². The van der Waals surface area contributed by atoms with Crippen molar-refractivity contribution in [2.24, 2.45) is 0 Å². The molecule has 3 nitrogen and oxygen atoms in total. The standard InChI is InChI=1S/C11H18N2O/c1-9(2)10-5-3-6-12-11(10)13-7-4-8-14/h3,5-6,9,14H,4,7-8H2,1-2H3,(H,12,13). The van der Waals surface area contributed by atoms with Gasteiger partial charge in [-0.05, 0) is 24.0 Å². The second-order valence-electron chi connectivity index (χ2n) is 3.60. The molecule has 78 valence electrons. The van der Waals surface area contributed by atoms with Gasteiger partial charge < -0.3 is 10.4 Å². The van der Waals surface area contributed by atoms with Gasteiger partial charge in [-0.15, -0.1) is 0 Å². The molecule has 0 aliphatic heterocycles. The van der Waals surface area contributed by atoms with E-state index >= 15 is 0 Å². The number of pyridine rings is 1. The molecule has 0 bridgehead atoms. The quantitative estimate of drug-likeness (QED) is 0.705. The normalized spacial score (nSPS) is 10.6. The van der Waals surface area contributed by atoms with Crippen LogP contribution < -0.4 is 5.32 Å². The zero-order valence-corrected chi connectivity index (χ0v) is 8.83. The molecular formula is C11H18N2O. The largest absolute Gasteiger partial charge is 0.396 e. The number of aliphatic hydroxyl groups excluding tert-OH is 1. The van der Waals surface area contributed by atoms with Crippen LogP contribution in [0.15, 0.2) is 18.3 Å². The molecule has 0 saturated heterocycles. The molecule has 1 heterocycles. The monoisotopic (exact) mass is 194 g/mol. The predicted molar refractivity (Wildman–Crippen MR) is 58.5 cm³/mol. The van der Waals surface area contributed by atoms with Gasteiger partial charge in [0.15, 0.2) is 0 Å². The number of hydrogen-bond acceptors (Lipinski definition) is 3. The van der Waals surface area contributed by atoms with Crippen LogP contribution in [-0.4, -0.2) is 23.2 Å². The maximum absolute atomic E-state index is 8.66. The molecule has 2 N–H and O–H groups in total. The Bertz CT molecular complexity index is 274. The third-order valence-corrected chi connectivity index (χ3v) is 2.09. The molecule has 0 aliphatic rings. The molecule has 0 saturated carbocycles. The Balaban J connectivity index is 2.64. The molecule has 0 aromatic carbocycles. The van der Waals surface area contributed by atoms with Gasteiger partial charge in [0.05, 0.1) is 0 Å². The van der Waals surface area contributed by atoms with Crippen LogP contribution in [0.3, 0.4) is 0 Å². The number of aliphatic hydroxyl groups is 1. The highest BCUT2D eigenvalue weighted by Crippen LogP contribution is 2.20. The van der Waals surface area contributed by atoms with E-state index in [1.165, 1.54) is 5.56 Å². The topological polar surface area (TPSA) is 45.2 Å². The van der Waals surface area contributed by atoms with Crippen LogP contribution in [-0.2, 0) is 0 Å². The van der Waals surface area contributed by atoms with E-state index in [1.807, 2.05) is 6.07 Å². The predicted octanol–water partition coefficient (Wildman–Crippen LogP) is 2.00. The lowest BCUT2D eigenvalue weighted by atomic mass is 10.0. The van der Waals surface area contributed by atoms with Crippen LogP contribution in [0.1, 0.15) is 31.7 Å². The van der Waals surface area contributed by atoms with Crippen molar-refractivity contribution in [3.8, 4) is 0 Å². The summed E-state index contributed by atoms with van der Waals surface area (Å²) in [6.07, 6.45) is 2.54. The first kappa shape index (κ1) is 11.0. The van der Waals surface area contributed by atoms with Crippen LogP contribution in [0.4, 0.5) is 5.82 Å². The molecule has 1 aromatic heterocycles. The van der Waals surface area contributed by atoms with Crippen molar-refractivity contribution in [3.05, 3.63) is 23.9 Å². The number of hydrogen-bond donors (Lipinski definition) is 2. The summed E-state index contributed by atoms with van der Waals surface area (Å²) in [5.41, 5.74) is 1.23. The highest BCUT2D eigenvalue weighted by atomic mass is 16.3. The maximum Gasteiger partial charge on any atom is 0.129 e. The van der Waals surface area contributed by atoms with Gasteiger partial charge in [0.25, 0.3) is 0 Å². The summed E-state index contributed by atoms with van der Waals surface area (Å²) < 4.78 is 0. The summed E-state index contributed by atoms with van der Waals surface area (Å²) in [5, 5.41) is 11.9. The molecule has 1 rings (SSSR count). The van der Waals surface area contributed by atoms with E-state index in [0.29, 0.717) is 5.92 Å². The minimum Gasteiger partial charge on any atom is -0.396 e. The fourth-order valence-electron chi connectivity index (χ4n) is 1.32. The molecule has 14 heavy (non-hydrogen) atoms. The van der Waals surface area contributed by atoms with Gasteiger partial charge in [-0.1, -0.05) is 19.9 Å². The van der Waals surface area contributed by atoms with Crippen molar-refractivity contribution in [1.29, 1.82) is 0 Å². The Morgan fingerprint density at radius 2 is 2.29 bits per heavy atom. The first-order chi connectivity index (χ1) is 6.75. The number of nitrogens with zero attached hydrogens (tertiary/aromatic N) is 1.